The third-order valence-corrected chi connectivity index (χ3v) is 5.01. The van der Waals surface area contributed by atoms with E-state index in [4.69, 9.17) is 16.3 Å². The topological polar surface area (TPSA) is 53.5 Å². The average Bonchev–Trinajstić information content (AvgIpc) is 2.74. The Balaban J connectivity index is 1.43. The molecule has 7 heteroatoms. The summed E-state index contributed by atoms with van der Waals surface area (Å²) in [6.45, 7) is 3.57. The zero-order chi connectivity index (χ0) is 19.3. The summed E-state index contributed by atoms with van der Waals surface area (Å²) in [5, 5.41) is 3.97. The van der Waals surface area contributed by atoms with Crippen molar-refractivity contribution in [3.05, 3.63) is 65.9 Å². The highest BCUT2D eigenvalue weighted by Gasteiger charge is 2.20. The number of hydrogen-bond acceptors (Lipinski definition) is 6. The molecule has 144 valence electrons. The molecule has 28 heavy (non-hydrogen) atoms. The summed E-state index contributed by atoms with van der Waals surface area (Å²) in [4.78, 5) is 13.4. The van der Waals surface area contributed by atoms with Gasteiger partial charge in [0.25, 0.3) is 0 Å². The minimum atomic E-state index is 0.687. The van der Waals surface area contributed by atoms with Crippen molar-refractivity contribution in [2.45, 2.75) is 0 Å². The van der Waals surface area contributed by atoms with E-state index in [1.807, 2.05) is 48.5 Å². The van der Waals surface area contributed by atoms with E-state index in [-0.39, 0.29) is 0 Å². The first-order valence-electron chi connectivity index (χ1n) is 9.20. The molecule has 0 atom stereocenters. The van der Waals surface area contributed by atoms with Crippen LogP contribution in [-0.4, -0.2) is 43.3 Å². The third-order valence-electron chi connectivity index (χ3n) is 4.78. The Morgan fingerprint density at radius 1 is 0.929 bits per heavy atom. The Morgan fingerprint density at radius 3 is 2.50 bits per heavy atom. The summed E-state index contributed by atoms with van der Waals surface area (Å²) >= 11 is 6.06. The van der Waals surface area contributed by atoms with E-state index < -0.39 is 0 Å². The first-order valence-corrected chi connectivity index (χ1v) is 9.58. The summed E-state index contributed by atoms with van der Waals surface area (Å²) in [7, 11) is 1.71. The highest BCUT2D eigenvalue weighted by molar-refractivity contribution is 6.30. The lowest BCUT2D eigenvalue weighted by Crippen LogP contribution is -2.47. The summed E-state index contributed by atoms with van der Waals surface area (Å²) < 4.78 is 5.50. The second-order valence-corrected chi connectivity index (χ2v) is 6.98. The molecular formula is C21H22ClN5O. The molecule has 1 aromatic heterocycles. The van der Waals surface area contributed by atoms with Gasteiger partial charge in [0.1, 0.15) is 23.7 Å². The zero-order valence-electron chi connectivity index (χ0n) is 15.7. The number of halogens is 1. The largest absolute Gasteiger partial charge is 0.495 e. The van der Waals surface area contributed by atoms with E-state index in [1.165, 1.54) is 0 Å². The van der Waals surface area contributed by atoms with Crippen molar-refractivity contribution >= 4 is 34.6 Å². The molecule has 1 aliphatic rings. The summed E-state index contributed by atoms with van der Waals surface area (Å²) in [6, 6.07) is 17.7. The van der Waals surface area contributed by atoms with Crippen molar-refractivity contribution in [2.75, 3.05) is 48.4 Å². The quantitative estimate of drug-likeness (QED) is 0.698. The fourth-order valence-electron chi connectivity index (χ4n) is 3.37. The highest BCUT2D eigenvalue weighted by Crippen LogP contribution is 2.29. The average molecular weight is 396 g/mol. The lowest BCUT2D eigenvalue weighted by Gasteiger charge is -2.37. The SMILES string of the molecule is COc1ccccc1N1CCN(c2cc(Nc3cccc(Cl)c3)ncn2)CC1. The van der Waals surface area contributed by atoms with Gasteiger partial charge >= 0.3 is 0 Å². The van der Waals surface area contributed by atoms with Gasteiger partial charge in [0.2, 0.25) is 0 Å². The number of benzene rings is 2. The van der Waals surface area contributed by atoms with E-state index in [1.54, 1.807) is 13.4 Å². The lowest BCUT2D eigenvalue weighted by molar-refractivity contribution is 0.413. The molecule has 0 aliphatic carbocycles. The van der Waals surface area contributed by atoms with E-state index in [0.717, 1.165) is 54.9 Å². The molecular weight excluding hydrogens is 374 g/mol. The molecule has 1 aliphatic heterocycles. The van der Waals surface area contributed by atoms with Crippen LogP contribution in [0.2, 0.25) is 5.02 Å². The Kier molecular flexibility index (Phi) is 5.48. The Bertz CT molecular complexity index is 943. The number of para-hydroxylation sites is 2. The first-order chi connectivity index (χ1) is 13.7. The molecule has 0 saturated carbocycles. The molecule has 1 saturated heterocycles. The molecule has 0 amide bonds. The maximum Gasteiger partial charge on any atom is 0.142 e. The third kappa shape index (κ3) is 4.12. The molecule has 2 heterocycles. The van der Waals surface area contributed by atoms with E-state index in [9.17, 15) is 0 Å². The lowest BCUT2D eigenvalue weighted by atomic mass is 10.2. The van der Waals surface area contributed by atoms with Crippen molar-refractivity contribution in [2.24, 2.45) is 0 Å². The predicted molar refractivity (Wildman–Crippen MR) is 114 cm³/mol. The van der Waals surface area contributed by atoms with Gasteiger partial charge in [0, 0.05) is 43.0 Å². The van der Waals surface area contributed by atoms with Crippen molar-refractivity contribution in [3.8, 4) is 5.75 Å². The number of anilines is 4. The summed E-state index contributed by atoms with van der Waals surface area (Å²) in [5.74, 6) is 2.57. The second kappa shape index (κ2) is 8.35. The van der Waals surface area contributed by atoms with Gasteiger partial charge in [-0.3, -0.25) is 0 Å². The predicted octanol–water partition coefficient (Wildman–Crippen LogP) is 4.21. The van der Waals surface area contributed by atoms with Crippen LogP contribution in [0.5, 0.6) is 5.75 Å². The Labute approximate surface area is 169 Å². The molecule has 0 unspecified atom stereocenters. The van der Waals surface area contributed by atoms with E-state index >= 15 is 0 Å². The van der Waals surface area contributed by atoms with Crippen LogP contribution in [0.1, 0.15) is 0 Å². The first kappa shape index (κ1) is 18.4. The van der Waals surface area contributed by atoms with Gasteiger partial charge in [0.15, 0.2) is 0 Å². The van der Waals surface area contributed by atoms with Gasteiger partial charge in [-0.05, 0) is 30.3 Å². The van der Waals surface area contributed by atoms with Crippen LogP contribution in [-0.2, 0) is 0 Å². The van der Waals surface area contributed by atoms with Gasteiger partial charge in [-0.2, -0.15) is 0 Å². The molecule has 3 aromatic rings. The minimum absolute atomic E-state index is 0.687. The number of ether oxygens (including phenoxy) is 1. The molecule has 0 spiro atoms. The number of piperazine rings is 1. The molecule has 1 fully saturated rings. The van der Waals surface area contributed by atoms with Gasteiger partial charge in [-0.15, -0.1) is 0 Å². The van der Waals surface area contributed by atoms with E-state index in [0.29, 0.717) is 5.02 Å². The van der Waals surface area contributed by atoms with Crippen molar-refractivity contribution < 1.29 is 4.74 Å². The van der Waals surface area contributed by atoms with Crippen LogP contribution >= 0.6 is 11.6 Å². The molecule has 4 rings (SSSR count). The number of nitrogens with zero attached hydrogens (tertiary/aromatic N) is 4. The maximum absolute atomic E-state index is 6.06. The molecule has 6 nitrogen and oxygen atoms in total. The summed E-state index contributed by atoms with van der Waals surface area (Å²) in [5.41, 5.74) is 2.04. The molecule has 0 radical (unpaired) electrons. The highest BCUT2D eigenvalue weighted by atomic mass is 35.5. The number of nitrogens with one attached hydrogen (secondary N) is 1. The van der Waals surface area contributed by atoms with E-state index in [2.05, 4.69) is 31.2 Å². The van der Waals surface area contributed by atoms with Gasteiger partial charge in [0.05, 0.1) is 12.8 Å². The zero-order valence-corrected chi connectivity index (χ0v) is 16.4. The number of aromatic nitrogens is 2. The van der Waals surface area contributed by atoms with Gasteiger partial charge in [-0.25, -0.2) is 9.97 Å². The van der Waals surface area contributed by atoms with Crippen LogP contribution in [0.25, 0.3) is 0 Å². The van der Waals surface area contributed by atoms with Crippen molar-refractivity contribution in [1.29, 1.82) is 0 Å². The standard InChI is InChI=1S/C21H22ClN5O/c1-28-19-8-3-2-7-18(19)26-9-11-27(12-10-26)21-14-20(23-15-24-21)25-17-6-4-5-16(22)13-17/h2-8,13-15H,9-12H2,1H3,(H,23,24,25). The van der Waals surface area contributed by atoms with Crippen LogP contribution < -0.4 is 19.9 Å². The van der Waals surface area contributed by atoms with Crippen LogP contribution in [0, 0.1) is 0 Å². The smallest absolute Gasteiger partial charge is 0.142 e. The second-order valence-electron chi connectivity index (χ2n) is 6.54. The normalized spacial score (nSPS) is 14.1. The number of methoxy groups -OCH3 is 1. The molecule has 2 aromatic carbocycles. The van der Waals surface area contributed by atoms with Crippen LogP contribution in [0.3, 0.4) is 0 Å². The number of rotatable bonds is 5. The number of hydrogen-bond donors (Lipinski definition) is 1. The summed E-state index contributed by atoms with van der Waals surface area (Å²) in [6.07, 6.45) is 1.59. The maximum atomic E-state index is 6.06. The fourth-order valence-corrected chi connectivity index (χ4v) is 3.56. The van der Waals surface area contributed by atoms with Crippen molar-refractivity contribution in [1.82, 2.24) is 9.97 Å². The molecule has 0 bridgehead atoms. The molecule has 1 N–H and O–H groups in total. The van der Waals surface area contributed by atoms with Crippen LogP contribution in [0.15, 0.2) is 60.9 Å². The van der Waals surface area contributed by atoms with Crippen molar-refractivity contribution in [3.63, 3.8) is 0 Å². The minimum Gasteiger partial charge on any atom is -0.495 e. The van der Waals surface area contributed by atoms with Crippen LogP contribution in [0.4, 0.5) is 23.0 Å². The van der Waals surface area contributed by atoms with Gasteiger partial charge < -0.3 is 19.9 Å². The Morgan fingerprint density at radius 2 is 1.71 bits per heavy atom. The van der Waals surface area contributed by atoms with Gasteiger partial charge in [-0.1, -0.05) is 29.8 Å². The fraction of sp³-hybridized carbons (Fsp3) is 0.238. The monoisotopic (exact) mass is 395 g/mol. The Hall–Kier alpha value is -2.99.